The normalized spacial score (nSPS) is 15.2. The molecule has 0 aliphatic carbocycles. The summed E-state index contributed by atoms with van der Waals surface area (Å²) >= 11 is 0. The summed E-state index contributed by atoms with van der Waals surface area (Å²) in [6, 6.07) is 8.43. The number of H-pyrrole nitrogens is 1. The Balaban J connectivity index is 1.45. The van der Waals surface area contributed by atoms with Crippen molar-refractivity contribution in [2.75, 3.05) is 37.6 Å². The van der Waals surface area contributed by atoms with E-state index in [1.165, 1.54) is 27.7 Å². The minimum Gasteiger partial charge on any atom is -0.358 e. The fourth-order valence-electron chi connectivity index (χ4n) is 3.77. The van der Waals surface area contributed by atoms with Gasteiger partial charge in [-0.3, -0.25) is 0 Å². The summed E-state index contributed by atoms with van der Waals surface area (Å²) in [5.74, 6) is 1.78. The number of nitrogens with zero attached hydrogens (tertiary/aromatic N) is 5. The van der Waals surface area contributed by atoms with E-state index in [4.69, 9.17) is 4.99 Å². The average Bonchev–Trinajstić information content (AvgIpc) is 3.05. The van der Waals surface area contributed by atoms with Crippen molar-refractivity contribution >= 4 is 22.8 Å². The molecule has 1 aliphatic heterocycles. The van der Waals surface area contributed by atoms with Crippen LogP contribution < -0.4 is 10.2 Å². The van der Waals surface area contributed by atoms with E-state index < -0.39 is 0 Å². The maximum Gasteiger partial charge on any atom is 0.225 e. The Hall–Kier alpha value is -3.09. The molecule has 3 aromatic rings. The molecule has 0 unspecified atom stereocenters. The van der Waals surface area contributed by atoms with Gasteiger partial charge in [-0.05, 0) is 50.1 Å². The molecule has 2 aromatic heterocycles. The Kier molecular flexibility index (Phi) is 5.64. The molecule has 1 fully saturated rings. The van der Waals surface area contributed by atoms with Gasteiger partial charge >= 0.3 is 0 Å². The Morgan fingerprint density at radius 2 is 1.90 bits per heavy atom. The van der Waals surface area contributed by atoms with E-state index in [-0.39, 0.29) is 0 Å². The summed E-state index contributed by atoms with van der Waals surface area (Å²) in [4.78, 5) is 21.6. The molecule has 0 atom stereocenters. The van der Waals surface area contributed by atoms with Crippen LogP contribution in [0.3, 0.4) is 0 Å². The Morgan fingerprint density at radius 3 is 2.62 bits per heavy atom. The van der Waals surface area contributed by atoms with Crippen molar-refractivity contribution in [3.8, 4) is 0 Å². The van der Waals surface area contributed by atoms with E-state index in [1.807, 2.05) is 6.07 Å². The standard InChI is InChI=1S/C22H29N7/c1-4-23-21(28-10-12-29(13-11-28)22-24-8-5-9-25-22)26-15-18-6-7-20-19(14-18)16(2)17(3)27-20/h5-9,14,27H,4,10-13,15H2,1-3H3,(H,23,26). The van der Waals surface area contributed by atoms with Gasteiger partial charge in [0.05, 0.1) is 6.54 Å². The number of hydrogen-bond acceptors (Lipinski definition) is 4. The molecular weight excluding hydrogens is 362 g/mol. The summed E-state index contributed by atoms with van der Waals surface area (Å²) in [5, 5.41) is 4.74. The lowest BCUT2D eigenvalue weighted by molar-refractivity contribution is 0.370. The van der Waals surface area contributed by atoms with E-state index in [9.17, 15) is 0 Å². The number of aromatic nitrogens is 3. The molecule has 0 radical (unpaired) electrons. The van der Waals surface area contributed by atoms with Crippen LogP contribution in [0.15, 0.2) is 41.7 Å². The highest BCUT2D eigenvalue weighted by atomic mass is 15.4. The van der Waals surface area contributed by atoms with Crippen molar-refractivity contribution in [2.24, 2.45) is 4.99 Å². The molecule has 152 valence electrons. The van der Waals surface area contributed by atoms with Crippen LogP contribution in [0, 0.1) is 13.8 Å². The highest BCUT2D eigenvalue weighted by molar-refractivity contribution is 5.85. The van der Waals surface area contributed by atoms with E-state index in [0.29, 0.717) is 6.54 Å². The Bertz CT molecular complexity index is 985. The zero-order valence-electron chi connectivity index (χ0n) is 17.4. The molecule has 1 saturated heterocycles. The first-order valence-corrected chi connectivity index (χ1v) is 10.3. The summed E-state index contributed by atoms with van der Waals surface area (Å²) in [6.07, 6.45) is 3.59. The molecule has 0 amide bonds. The molecule has 0 spiro atoms. The SMILES string of the molecule is CCNC(=NCc1ccc2[nH]c(C)c(C)c2c1)N1CCN(c2ncccn2)CC1. The zero-order valence-corrected chi connectivity index (χ0v) is 17.4. The van der Waals surface area contributed by atoms with Gasteiger partial charge in [0.2, 0.25) is 5.95 Å². The number of rotatable bonds is 4. The van der Waals surface area contributed by atoms with Gasteiger partial charge < -0.3 is 20.1 Å². The summed E-state index contributed by atoms with van der Waals surface area (Å²) in [7, 11) is 0. The molecule has 3 heterocycles. The van der Waals surface area contributed by atoms with Crippen LogP contribution in [0.4, 0.5) is 5.95 Å². The summed E-state index contributed by atoms with van der Waals surface area (Å²) in [5.41, 5.74) is 4.97. The maximum atomic E-state index is 4.92. The number of aliphatic imine (C=N–C) groups is 1. The van der Waals surface area contributed by atoms with Crippen molar-refractivity contribution in [1.29, 1.82) is 0 Å². The Labute approximate surface area is 171 Å². The highest BCUT2D eigenvalue weighted by Crippen LogP contribution is 2.22. The number of aryl methyl sites for hydroxylation is 2. The zero-order chi connectivity index (χ0) is 20.2. The second-order valence-corrected chi connectivity index (χ2v) is 7.45. The molecule has 0 saturated carbocycles. The van der Waals surface area contributed by atoms with Gasteiger partial charge in [0.15, 0.2) is 5.96 Å². The van der Waals surface area contributed by atoms with Gasteiger partial charge in [0.1, 0.15) is 0 Å². The number of piperazine rings is 1. The van der Waals surface area contributed by atoms with E-state index >= 15 is 0 Å². The predicted octanol–water partition coefficient (Wildman–Crippen LogP) is 2.86. The first-order chi connectivity index (χ1) is 14.2. The van der Waals surface area contributed by atoms with E-state index in [2.05, 4.69) is 69.0 Å². The van der Waals surface area contributed by atoms with Crippen LogP contribution in [-0.4, -0.2) is 58.5 Å². The maximum absolute atomic E-state index is 4.92. The van der Waals surface area contributed by atoms with Crippen LogP contribution >= 0.6 is 0 Å². The fraction of sp³-hybridized carbons (Fsp3) is 0.409. The number of nitrogens with one attached hydrogen (secondary N) is 2. The molecule has 4 rings (SSSR count). The molecule has 1 aliphatic rings. The number of aromatic amines is 1. The summed E-state index contributed by atoms with van der Waals surface area (Å²) in [6.45, 7) is 11.5. The summed E-state index contributed by atoms with van der Waals surface area (Å²) < 4.78 is 0. The third kappa shape index (κ3) is 4.18. The van der Waals surface area contributed by atoms with Gasteiger partial charge in [0, 0.05) is 61.7 Å². The van der Waals surface area contributed by atoms with Crippen LogP contribution in [0.2, 0.25) is 0 Å². The number of guanidine groups is 1. The molecule has 7 nitrogen and oxygen atoms in total. The first-order valence-electron chi connectivity index (χ1n) is 10.3. The van der Waals surface area contributed by atoms with E-state index in [1.54, 1.807) is 12.4 Å². The number of anilines is 1. The molecule has 0 bridgehead atoms. The topological polar surface area (TPSA) is 72.4 Å². The number of benzene rings is 1. The number of fused-ring (bicyclic) bond motifs is 1. The van der Waals surface area contributed by atoms with Gasteiger partial charge in [0.25, 0.3) is 0 Å². The van der Waals surface area contributed by atoms with E-state index in [0.717, 1.165) is 44.6 Å². The molecule has 7 heteroatoms. The van der Waals surface area contributed by atoms with Crippen LogP contribution in [0.1, 0.15) is 23.7 Å². The largest absolute Gasteiger partial charge is 0.358 e. The van der Waals surface area contributed by atoms with Gasteiger partial charge in [-0.15, -0.1) is 0 Å². The fourth-order valence-corrected chi connectivity index (χ4v) is 3.77. The lowest BCUT2D eigenvalue weighted by Crippen LogP contribution is -2.52. The van der Waals surface area contributed by atoms with Crippen molar-refractivity contribution in [1.82, 2.24) is 25.2 Å². The van der Waals surface area contributed by atoms with Crippen molar-refractivity contribution in [3.05, 3.63) is 53.5 Å². The van der Waals surface area contributed by atoms with Crippen LogP contribution in [-0.2, 0) is 6.54 Å². The van der Waals surface area contributed by atoms with Crippen LogP contribution in [0.5, 0.6) is 0 Å². The molecule has 1 aromatic carbocycles. The van der Waals surface area contributed by atoms with Gasteiger partial charge in [-0.1, -0.05) is 6.07 Å². The lowest BCUT2D eigenvalue weighted by Gasteiger charge is -2.36. The van der Waals surface area contributed by atoms with Gasteiger partial charge in [-0.2, -0.15) is 0 Å². The van der Waals surface area contributed by atoms with Crippen LogP contribution in [0.25, 0.3) is 10.9 Å². The lowest BCUT2D eigenvalue weighted by atomic mass is 10.1. The third-order valence-electron chi connectivity index (χ3n) is 5.53. The smallest absolute Gasteiger partial charge is 0.225 e. The van der Waals surface area contributed by atoms with Gasteiger partial charge in [-0.25, -0.2) is 15.0 Å². The second-order valence-electron chi connectivity index (χ2n) is 7.45. The van der Waals surface area contributed by atoms with Crippen molar-refractivity contribution < 1.29 is 0 Å². The monoisotopic (exact) mass is 391 g/mol. The molecule has 2 N–H and O–H groups in total. The highest BCUT2D eigenvalue weighted by Gasteiger charge is 2.21. The third-order valence-corrected chi connectivity index (χ3v) is 5.53. The van der Waals surface area contributed by atoms with Crippen molar-refractivity contribution in [2.45, 2.75) is 27.3 Å². The second kappa shape index (κ2) is 8.51. The molecule has 29 heavy (non-hydrogen) atoms. The first kappa shape index (κ1) is 19.2. The minimum absolute atomic E-state index is 0.671. The van der Waals surface area contributed by atoms with Crippen molar-refractivity contribution in [3.63, 3.8) is 0 Å². The predicted molar refractivity (Wildman–Crippen MR) is 118 cm³/mol. The number of hydrogen-bond donors (Lipinski definition) is 2. The Morgan fingerprint density at radius 1 is 1.14 bits per heavy atom. The average molecular weight is 392 g/mol. The molecular formula is C22H29N7. The minimum atomic E-state index is 0.671. The quantitative estimate of drug-likeness (QED) is 0.529.